The van der Waals surface area contributed by atoms with E-state index in [9.17, 15) is 22.0 Å². The summed E-state index contributed by atoms with van der Waals surface area (Å²) in [5, 5.41) is 0. The van der Waals surface area contributed by atoms with Gasteiger partial charge in [-0.2, -0.15) is 36.9 Å². The number of halogens is 5. The van der Waals surface area contributed by atoms with Crippen molar-refractivity contribution in [1.82, 2.24) is 24.9 Å². The lowest BCUT2D eigenvalue weighted by molar-refractivity contribution is -0.141. The van der Waals surface area contributed by atoms with Crippen LogP contribution >= 0.6 is 0 Å². The molecular weight excluding hydrogens is 421 g/mol. The maximum absolute atomic E-state index is 13.7. The van der Waals surface area contributed by atoms with E-state index in [0.29, 0.717) is 6.92 Å². The molecule has 0 aliphatic rings. The Hall–Kier alpha value is -3.44. The Labute approximate surface area is 174 Å². The Kier molecular flexibility index (Phi) is 5.74. The molecule has 0 aliphatic heterocycles. The molecular formula is C19H18F5N7. The highest BCUT2D eigenvalue weighted by Gasteiger charge is 2.33. The van der Waals surface area contributed by atoms with Crippen LogP contribution in [0.1, 0.15) is 32.2 Å². The summed E-state index contributed by atoms with van der Waals surface area (Å²) in [5.41, 5.74) is 4.34. The average Bonchev–Trinajstić information content (AvgIpc) is 2.66. The maximum Gasteiger partial charge on any atom is 0.433 e. The molecule has 3 aromatic rings. The van der Waals surface area contributed by atoms with E-state index in [1.165, 1.54) is 23.1 Å². The maximum atomic E-state index is 13.7. The van der Waals surface area contributed by atoms with Crippen LogP contribution in [0.15, 0.2) is 36.5 Å². The van der Waals surface area contributed by atoms with Gasteiger partial charge in [0.25, 0.3) is 5.92 Å². The second-order valence-electron chi connectivity index (χ2n) is 6.97. The third kappa shape index (κ3) is 5.01. The van der Waals surface area contributed by atoms with Gasteiger partial charge in [-0.05, 0) is 38.1 Å². The first-order chi connectivity index (χ1) is 14.4. The predicted molar refractivity (Wildman–Crippen MR) is 104 cm³/mol. The lowest BCUT2D eigenvalue weighted by Gasteiger charge is -2.27. The molecule has 0 unspecified atom stereocenters. The van der Waals surface area contributed by atoms with E-state index in [4.69, 9.17) is 5.73 Å². The average molecular weight is 439 g/mol. The van der Waals surface area contributed by atoms with Gasteiger partial charge in [0.05, 0.1) is 0 Å². The lowest BCUT2D eigenvalue weighted by Crippen LogP contribution is -2.28. The van der Waals surface area contributed by atoms with Crippen molar-refractivity contribution < 1.29 is 22.0 Å². The number of pyridine rings is 2. The van der Waals surface area contributed by atoms with Gasteiger partial charge in [-0.15, -0.1) is 0 Å². The molecule has 164 valence electrons. The number of aromatic nitrogens is 5. The number of nitrogens with two attached hydrogens (primary N) is 1. The van der Waals surface area contributed by atoms with Crippen LogP contribution in [0.5, 0.6) is 0 Å². The van der Waals surface area contributed by atoms with Gasteiger partial charge in [-0.1, -0.05) is 6.07 Å². The molecule has 7 nitrogen and oxygen atoms in total. The van der Waals surface area contributed by atoms with Crippen LogP contribution in [0.2, 0.25) is 0 Å². The molecule has 0 saturated heterocycles. The van der Waals surface area contributed by atoms with Gasteiger partial charge in [0, 0.05) is 24.8 Å². The first-order valence-corrected chi connectivity index (χ1v) is 9.06. The zero-order valence-corrected chi connectivity index (χ0v) is 16.7. The fourth-order valence-corrected chi connectivity index (χ4v) is 2.78. The van der Waals surface area contributed by atoms with E-state index in [0.717, 1.165) is 18.3 Å². The van der Waals surface area contributed by atoms with Crippen molar-refractivity contribution in [1.29, 1.82) is 0 Å². The predicted octanol–water partition coefficient (Wildman–Crippen LogP) is 4.59. The number of hydrogen-bond acceptors (Lipinski definition) is 7. The highest BCUT2D eigenvalue weighted by Crippen LogP contribution is 2.33. The number of hydrogen-bond donors (Lipinski definition) is 1. The number of anilines is 3. The van der Waals surface area contributed by atoms with Crippen molar-refractivity contribution in [2.45, 2.75) is 38.9 Å². The van der Waals surface area contributed by atoms with Crippen molar-refractivity contribution in [2.24, 2.45) is 0 Å². The van der Waals surface area contributed by atoms with Gasteiger partial charge in [0.1, 0.15) is 17.1 Å². The molecule has 0 spiro atoms. The first kappa shape index (κ1) is 22.2. The summed E-state index contributed by atoms with van der Waals surface area (Å²) in [6, 6.07) is 5.78. The number of rotatable bonds is 5. The topological polar surface area (TPSA) is 93.7 Å². The fourth-order valence-electron chi connectivity index (χ4n) is 2.78. The fraction of sp³-hybridized carbons (Fsp3) is 0.316. The molecule has 0 bridgehead atoms. The molecule has 12 heteroatoms. The molecule has 0 aliphatic carbocycles. The Bertz CT molecular complexity index is 1080. The molecule has 0 fully saturated rings. The zero-order chi connectivity index (χ0) is 23.0. The summed E-state index contributed by atoms with van der Waals surface area (Å²) in [6.45, 7) is 4.13. The van der Waals surface area contributed by atoms with Gasteiger partial charge in [0.2, 0.25) is 11.9 Å². The second kappa shape index (κ2) is 8.00. The molecule has 0 radical (unpaired) electrons. The Morgan fingerprint density at radius 2 is 1.65 bits per heavy atom. The third-order valence-corrected chi connectivity index (χ3v) is 4.11. The SMILES string of the molecule is CC(C)N(c1ccnc(C(F)(F)F)c1)c1nc(N)nc(-c2cccc(C(C)(F)F)n2)n1. The molecule has 0 aromatic carbocycles. The Morgan fingerprint density at radius 3 is 2.26 bits per heavy atom. The lowest BCUT2D eigenvalue weighted by atomic mass is 10.2. The largest absolute Gasteiger partial charge is 0.433 e. The highest BCUT2D eigenvalue weighted by atomic mass is 19.4. The number of alkyl halides is 5. The minimum absolute atomic E-state index is 0.0174. The van der Waals surface area contributed by atoms with Crippen LogP contribution in [0, 0.1) is 0 Å². The van der Waals surface area contributed by atoms with Crippen LogP contribution < -0.4 is 10.6 Å². The smallest absolute Gasteiger partial charge is 0.368 e. The summed E-state index contributed by atoms with van der Waals surface area (Å²) in [5.74, 6) is -3.59. The van der Waals surface area contributed by atoms with Crippen molar-refractivity contribution in [3.63, 3.8) is 0 Å². The molecule has 0 saturated carbocycles. The van der Waals surface area contributed by atoms with E-state index >= 15 is 0 Å². The van der Waals surface area contributed by atoms with Crippen LogP contribution in [-0.2, 0) is 12.1 Å². The van der Waals surface area contributed by atoms with Gasteiger partial charge in [-0.3, -0.25) is 4.98 Å². The second-order valence-corrected chi connectivity index (χ2v) is 6.97. The Balaban J connectivity index is 2.11. The van der Waals surface area contributed by atoms with E-state index in [2.05, 4.69) is 24.9 Å². The summed E-state index contributed by atoms with van der Waals surface area (Å²) in [4.78, 5) is 20.8. The van der Waals surface area contributed by atoms with Gasteiger partial charge in [-0.25, -0.2) is 4.98 Å². The van der Waals surface area contributed by atoms with Gasteiger partial charge in [0.15, 0.2) is 5.82 Å². The molecule has 0 amide bonds. The molecule has 3 heterocycles. The molecule has 0 atom stereocenters. The quantitative estimate of drug-likeness (QED) is 0.581. The van der Waals surface area contributed by atoms with Crippen LogP contribution in [0.25, 0.3) is 11.5 Å². The van der Waals surface area contributed by atoms with Crippen LogP contribution in [-0.4, -0.2) is 31.0 Å². The molecule has 31 heavy (non-hydrogen) atoms. The monoisotopic (exact) mass is 439 g/mol. The van der Waals surface area contributed by atoms with Crippen LogP contribution in [0.4, 0.5) is 39.5 Å². The molecule has 2 N–H and O–H groups in total. The van der Waals surface area contributed by atoms with E-state index < -0.39 is 29.5 Å². The highest BCUT2D eigenvalue weighted by molar-refractivity contribution is 5.62. The summed E-state index contributed by atoms with van der Waals surface area (Å²) in [6.07, 6.45) is -3.62. The summed E-state index contributed by atoms with van der Waals surface area (Å²) < 4.78 is 66.6. The minimum Gasteiger partial charge on any atom is -0.368 e. The molecule has 3 aromatic heterocycles. The van der Waals surface area contributed by atoms with E-state index in [1.54, 1.807) is 13.8 Å². The number of nitrogen functional groups attached to an aromatic ring is 1. The summed E-state index contributed by atoms with van der Waals surface area (Å²) >= 11 is 0. The zero-order valence-electron chi connectivity index (χ0n) is 16.7. The van der Waals surface area contributed by atoms with Crippen molar-refractivity contribution >= 4 is 17.6 Å². The van der Waals surface area contributed by atoms with E-state index in [1.807, 2.05) is 0 Å². The van der Waals surface area contributed by atoms with E-state index in [-0.39, 0.29) is 29.1 Å². The normalized spacial score (nSPS) is 12.3. The van der Waals surface area contributed by atoms with Crippen molar-refractivity contribution in [3.8, 4) is 11.5 Å². The summed E-state index contributed by atoms with van der Waals surface area (Å²) in [7, 11) is 0. The molecule has 3 rings (SSSR count). The standard InChI is InChI=1S/C19H18F5N7/c1-10(2)31(11-7-8-26-14(9-11)19(22,23)24)17-29-15(28-16(25)30-17)12-5-4-6-13(27-12)18(3,20)21/h4-10H,1-3H3,(H2,25,28,29,30). The Morgan fingerprint density at radius 1 is 0.935 bits per heavy atom. The van der Waals surface area contributed by atoms with Crippen LogP contribution in [0.3, 0.4) is 0 Å². The van der Waals surface area contributed by atoms with Gasteiger partial charge >= 0.3 is 6.18 Å². The third-order valence-electron chi connectivity index (χ3n) is 4.11. The van der Waals surface area contributed by atoms with Crippen molar-refractivity contribution in [3.05, 3.63) is 47.9 Å². The van der Waals surface area contributed by atoms with Gasteiger partial charge < -0.3 is 10.6 Å². The van der Waals surface area contributed by atoms with Crippen molar-refractivity contribution in [2.75, 3.05) is 10.6 Å². The number of nitrogens with zero attached hydrogens (tertiary/aromatic N) is 6. The minimum atomic E-state index is -4.64. The first-order valence-electron chi connectivity index (χ1n) is 9.06.